The molecule has 68 heavy (non-hydrogen) atoms. The van der Waals surface area contributed by atoms with E-state index >= 15 is 0 Å². The Morgan fingerprint density at radius 3 is 1.04 bits per heavy atom. The van der Waals surface area contributed by atoms with Gasteiger partial charge in [0.25, 0.3) is 0 Å². The van der Waals surface area contributed by atoms with Gasteiger partial charge in [0.05, 0.1) is 22.7 Å². The van der Waals surface area contributed by atoms with E-state index in [1.807, 2.05) is 48.5 Å². The van der Waals surface area contributed by atoms with Crippen LogP contribution >= 0.6 is 0 Å². The van der Waals surface area contributed by atoms with Crippen LogP contribution in [0.25, 0.3) is 67.4 Å². The van der Waals surface area contributed by atoms with Crippen LogP contribution in [0.15, 0.2) is 215 Å². The molecule has 0 N–H and O–H groups in total. The van der Waals surface area contributed by atoms with Crippen LogP contribution in [0.2, 0.25) is 0 Å². The molecule has 0 bridgehead atoms. The van der Waals surface area contributed by atoms with E-state index in [2.05, 4.69) is 195 Å². The maximum atomic E-state index is 6.23. The van der Waals surface area contributed by atoms with Gasteiger partial charge in [-0.05, 0) is 142 Å². The minimum Gasteiger partial charge on any atom is -0.436 e. The molecule has 6 heteroatoms. The number of fused-ring (bicyclic) bond motifs is 6. The molecule has 0 amide bonds. The van der Waals surface area contributed by atoms with E-state index in [9.17, 15) is 0 Å². The van der Waals surface area contributed by atoms with Crippen molar-refractivity contribution in [3.8, 4) is 45.2 Å². The van der Waals surface area contributed by atoms with Crippen LogP contribution in [0.1, 0.15) is 49.9 Å². The van der Waals surface area contributed by atoms with Crippen LogP contribution in [0.5, 0.6) is 0 Å². The lowest BCUT2D eigenvalue weighted by molar-refractivity contribution is 0.615. The number of aromatic nitrogens is 2. The standard InChI is InChI=1S/C62H46N4O2/c1-61(2)47-13-5-9-17-53(47)65(55-35-29-43(37-49(55)61)59-63-51-15-7-11-19-57(51)67-59)45-31-25-41(26-32-45)39-21-23-40(24-22-39)42-27-33-46(34-28-42)66-54-18-10-6-14-48(54)62(3,4)50-38-44(30-36-56(50)66)60-64-52-16-8-12-20-58(52)68-60/h5-38H,1-4H3. The molecular weight excluding hydrogens is 833 g/mol. The van der Waals surface area contributed by atoms with Crippen LogP contribution in [-0.4, -0.2) is 9.97 Å². The molecule has 0 fully saturated rings. The highest BCUT2D eigenvalue weighted by Crippen LogP contribution is 2.54. The van der Waals surface area contributed by atoms with Gasteiger partial charge in [-0.15, -0.1) is 0 Å². The number of rotatable bonds is 6. The van der Waals surface area contributed by atoms with Crippen molar-refractivity contribution in [2.45, 2.75) is 38.5 Å². The molecule has 9 aromatic carbocycles. The van der Waals surface area contributed by atoms with Gasteiger partial charge in [-0.1, -0.05) is 137 Å². The second-order valence-electron chi connectivity index (χ2n) is 19.1. The number of oxazole rings is 2. The first-order chi connectivity index (χ1) is 33.2. The lowest BCUT2D eigenvalue weighted by atomic mass is 9.73. The minimum atomic E-state index is -0.242. The fourth-order valence-electron chi connectivity index (χ4n) is 10.7. The zero-order valence-electron chi connectivity index (χ0n) is 38.2. The van der Waals surface area contributed by atoms with Gasteiger partial charge in [0.2, 0.25) is 11.8 Å². The predicted molar refractivity (Wildman–Crippen MR) is 277 cm³/mol. The third kappa shape index (κ3) is 6.25. The van der Waals surface area contributed by atoms with Gasteiger partial charge in [0, 0.05) is 33.3 Å². The third-order valence-corrected chi connectivity index (χ3v) is 14.3. The lowest BCUT2D eigenvalue weighted by Crippen LogP contribution is -2.30. The highest BCUT2D eigenvalue weighted by atomic mass is 16.4. The summed E-state index contributed by atoms with van der Waals surface area (Å²) < 4.78 is 12.5. The Hall–Kier alpha value is -8.48. The Kier molecular flexibility index (Phi) is 8.80. The molecule has 0 atom stereocenters. The number of para-hydroxylation sites is 6. The fourth-order valence-corrected chi connectivity index (χ4v) is 10.7. The first-order valence-electron chi connectivity index (χ1n) is 23.3. The summed E-state index contributed by atoms with van der Waals surface area (Å²) in [6.45, 7) is 9.24. The second kappa shape index (κ2) is 15.0. The molecule has 0 saturated heterocycles. The van der Waals surface area contributed by atoms with Crippen LogP contribution < -0.4 is 9.80 Å². The summed E-state index contributed by atoms with van der Waals surface area (Å²) in [6.07, 6.45) is 0. The molecule has 326 valence electrons. The van der Waals surface area contributed by atoms with Gasteiger partial charge in [-0.25, -0.2) is 9.97 Å². The Balaban J connectivity index is 0.786. The Morgan fingerprint density at radius 1 is 0.324 bits per heavy atom. The molecule has 6 nitrogen and oxygen atoms in total. The minimum absolute atomic E-state index is 0.242. The number of hydrogen-bond acceptors (Lipinski definition) is 6. The molecule has 4 heterocycles. The van der Waals surface area contributed by atoms with E-state index in [0.29, 0.717) is 11.8 Å². The van der Waals surface area contributed by atoms with Gasteiger partial charge in [0.15, 0.2) is 11.2 Å². The molecule has 0 spiro atoms. The molecule has 0 saturated carbocycles. The zero-order valence-corrected chi connectivity index (χ0v) is 38.2. The molecule has 0 unspecified atom stereocenters. The number of nitrogens with zero attached hydrogens (tertiary/aromatic N) is 4. The van der Waals surface area contributed by atoms with Crippen LogP contribution in [-0.2, 0) is 10.8 Å². The van der Waals surface area contributed by atoms with Crippen molar-refractivity contribution < 1.29 is 8.83 Å². The smallest absolute Gasteiger partial charge is 0.227 e. The summed E-state index contributed by atoms with van der Waals surface area (Å²) in [4.78, 5) is 14.4. The Labute approximate surface area is 395 Å². The maximum absolute atomic E-state index is 6.23. The van der Waals surface area contributed by atoms with E-state index in [0.717, 1.165) is 67.2 Å². The summed E-state index contributed by atoms with van der Waals surface area (Å²) in [6, 6.07) is 73.4. The summed E-state index contributed by atoms with van der Waals surface area (Å²) in [7, 11) is 0. The summed E-state index contributed by atoms with van der Waals surface area (Å²) in [5, 5.41) is 0. The van der Waals surface area contributed by atoms with Crippen LogP contribution in [0, 0.1) is 0 Å². The van der Waals surface area contributed by atoms with Crippen molar-refractivity contribution in [2.24, 2.45) is 0 Å². The average molecular weight is 879 g/mol. The topological polar surface area (TPSA) is 58.5 Å². The SMILES string of the molecule is CC1(C)c2ccccc2N(c2ccc(-c3ccc(-c4ccc(N5c6ccccc6C(C)(C)c6cc(-c7nc8ccccc8o7)ccc65)cc4)cc3)cc2)c2ccc(-c3nc4ccccc4o3)cc21. The molecule has 2 aliphatic rings. The first-order valence-corrected chi connectivity index (χ1v) is 23.3. The highest BCUT2D eigenvalue weighted by Gasteiger charge is 2.39. The average Bonchev–Trinajstić information content (AvgIpc) is 4.03. The maximum Gasteiger partial charge on any atom is 0.227 e. The van der Waals surface area contributed by atoms with Gasteiger partial charge in [0.1, 0.15) is 11.0 Å². The normalized spacial score (nSPS) is 14.4. The quantitative estimate of drug-likeness (QED) is 0.166. The van der Waals surface area contributed by atoms with E-state index in [1.54, 1.807) is 0 Å². The van der Waals surface area contributed by atoms with Crippen molar-refractivity contribution in [3.05, 3.63) is 229 Å². The van der Waals surface area contributed by atoms with Gasteiger partial charge in [-0.2, -0.15) is 0 Å². The molecule has 2 aliphatic heterocycles. The molecule has 11 aromatic rings. The highest BCUT2D eigenvalue weighted by molar-refractivity contribution is 5.90. The Morgan fingerprint density at radius 2 is 0.647 bits per heavy atom. The van der Waals surface area contributed by atoms with E-state index in [4.69, 9.17) is 18.8 Å². The van der Waals surface area contributed by atoms with Crippen molar-refractivity contribution in [1.82, 2.24) is 9.97 Å². The van der Waals surface area contributed by atoms with Crippen molar-refractivity contribution >= 4 is 56.3 Å². The van der Waals surface area contributed by atoms with Crippen molar-refractivity contribution in [1.29, 1.82) is 0 Å². The van der Waals surface area contributed by atoms with Crippen LogP contribution in [0.3, 0.4) is 0 Å². The van der Waals surface area contributed by atoms with E-state index < -0.39 is 0 Å². The second-order valence-corrected chi connectivity index (χ2v) is 19.1. The van der Waals surface area contributed by atoms with E-state index in [1.165, 1.54) is 44.8 Å². The van der Waals surface area contributed by atoms with Crippen molar-refractivity contribution in [2.75, 3.05) is 9.80 Å². The van der Waals surface area contributed by atoms with Gasteiger partial charge >= 0.3 is 0 Å². The molecule has 13 rings (SSSR count). The van der Waals surface area contributed by atoms with E-state index in [-0.39, 0.29) is 10.8 Å². The molecule has 2 aromatic heterocycles. The molecular formula is C62H46N4O2. The third-order valence-electron chi connectivity index (χ3n) is 14.3. The Bertz CT molecular complexity index is 3430. The molecule has 0 aliphatic carbocycles. The summed E-state index contributed by atoms with van der Waals surface area (Å²) in [5.74, 6) is 1.27. The van der Waals surface area contributed by atoms with Crippen LogP contribution in [0.4, 0.5) is 34.1 Å². The summed E-state index contributed by atoms with van der Waals surface area (Å²) in [5.41, 5.74) is 21.3. The number of benzene rings is 9. The fraction of sp³-hybridized carbons (Fsp3) is 0.0968. The summed E-state index contributed by atoms with van der Waals surface area (Å²) >= 11 is 0. The number of anilines is 6. The first kappa shape index (κ1) is 39.8. The van der Waals surface area contributed by atoms with Gasteiger partial charge < -0.3 is 18.6 Å². The number of hydrogen-bond donors (Lipinski definition) is 0. The monoisotopic (exact) mass is 878 g/mol. The molecule has 0 radical (unpaired) electrons. The van der Waals surface area contributed by atoms with Crippen molar-refractivity contribution in [3.63, 3.8) is 0 Å². The largest absolute Gasteiger partial charge is 0.436 e. The predicted octanol–water partition coefficient (Wildman–Crippen LogP) is 16.9. The lowest BCUT2D eigenvalue weighted by Gasteiger charge is -2.42. The zero-order chi connectivity index (χ0) is 45.7. The van der Waals surface area contributed by atoms with Gasteiger partial charge in [-0.3, -0.25) is 0 Å².